The van der Waals surface area contributed by atoms with Crippen LogP contribution in [0.5, 0.6) is 0 Å². The second kappa shape index (κ2) is 15.8. The summed E-state index contributed by atoms with van der Waals surface area (Å²) < 4.78 is 0. The Morgan fingerprint density at radius 2 is 0.647 bits per heavy atom. The van der Waals surface area contributed by atoms with Gasteiger partial charge in [-0.1, -0.05) is 161 Å². The second-order valence-corrected chi connectivity index (χ2v) is 21.3. The molecular weight excluding hydrogens is 821 g/mol. The molecule has 0 spiro atoms. The third-order valence-electron chi connectivity index (χ3n) is 16.7. The average Bonchev–Trinajstić information content (AvgIpc) is 3.76. The minimum Gasteiger partial charge on any atom is -0.372 e. The van der Waals surface area contributed by atoms with E-state index in [-0.39, 0.29) is 10.8 Å². The predicted octanol–water partition coefficient (Wildman–Crippen LogP) is 17.3. The maximum absolute atomic E-state index is 2.64. The maximum Gasteiger partial charge on any atom is 0.0372 e. The zero-order valence-corrected chi connectivity index (χ0v) is 40.1. The van der Waals surface area contributed by atoms with Crippen molar-refractivity contribution >= 4 is 32.9 Å². The lowest BCUT2D eigenvalue weighted by Gasteiger charge is -2.31. The van der Waals surface area contributed by atoms with Gasteiger partial charge in [-0.05, 0) is 185 Å². The van der Waals surface area contributed by atoms with Crippen molar-refractivity contribution in [3.63, 3.8) is 0 Å². The molecule has 0 atom stereocenters. The molecule has 9 aromatic rings. The van der Waals surface area contributed by atoms with Crippen molar-refractivity contribution in [3.05, 3.63) is 192 Å². The van der Waals surface area contributed by atoms with E-state index in [0.717, 1.165) is 26.2 Å². The Balaban J connectivity index is 1.08. The fourth-order valence-electron chi connectivity index (χ4n) is 13.1. The molecule has 0 amide bonds. The van der Waals surface area contributed by atoms with E-state index in [1.54, 1.807) is 0 Å². The van der Waals surface area contributed by atoms with Gasteiger partial charge < -0.3 is 9.80 Å². The number of fused-ring (bicyclic) bond motifs is 8. The number of hydrogen-bond acceptors (Lipinski definition) is 2. The molecule has 0 bridgehead atoms. The van der Waals surface area contributed by atoms with Crippen molar-refractivity contribution in [2.24, 2.45) is 0 Å². The fraction of sp³-hybridized carbons (Fsp3) is 0.242. The third-order valence-corrected chi connectivity index (χ3v) is 16.7. The first-order valence-corrected chi connectivity index (χ1v) is 25.5. The molecule has 2 heterocycles. The number of hydrogen-bond donors (Lipinski definition) is 0. The lowest BCUT2D eigenvalue weighted by atomic mass is 9.79. The molecule has 2 saturated heterocycles. The maximum atomic E-state index is 2.64. The van der Waals surface area contributed by atoms with Gasteiger partial charge >= 0.3 is 0 Å². The Morgan fingerprint density at radius 3 is 1.06 bits per heavy atom. The lowest BCUT2D eigenvalue weighted by molar-refractivity contribution is 0.578. The van der Waals surface area contributed by atoms with E-state index < -0.39 is 0 Å². The van der Waals surface area contributed by atoms with Crippen molar-refractivity contribution < 1.29 is 0 Å². The molecular formula is C66H60N2. The van der Waals surface area contributed by atoms with E-state index in [1.807, 2.05) is 0 Å². The SMILES string of the molecule is CC1(C)c2ccccc2-c2ccc(-c3ccccc3-c3c4ccc(N5CCCCC5)cc4c(-c4ccccc4-c4ccc5c(c4)C(C)(C)c4ccccc4-5)c4ccc(N5CCCCC5)cc34)cc21. The standard InChI is InChI=1S/C66H60N2/c1-65(2)59-25-13-11-21-49(59)51-31-27-43(39-61(51)65)47-19-7-9-23-53(47)63-55-33-29-46(68-37-17-6-18-38-68)42-58(55)64(56-34-30-45(41-57(56)63)67-35-15-5-16-36-67)54-24-10-8-20-48(54)44-28-32-52-50-22-12-14-26-60(50)66(3,4)62(52)40-44/h7-14,19-34,39-42H,5-6,15-18,35-38H2,1-4H3. The molecule has 4 aliphatic rings. The summed E-state index contributed by atoms with van der Waals surface area (Å²) in [6, 6.07) is 66.1. The molecule has 68 heavy (non-hydrogen) atoms. The third kappa shape index (κ3) is 6.36. The zero-order valence-electron chi connectivity index (χ0n) is 40.1. The largest absolute Gasteiger partial charge is 0.372 e. The van der Waals surface area contributed by atoms with E-state index in [2.05, 4.69) is 207 Å². The van der Waals surface area contributed by atoms with Gasteiger partial charge in [0.15, 0.2) is 0 Å². The molecule has 0 aromatic heterocycles. The molecule has 13 rings (SSSR count). The van der Waals surface area contributed by atoms with Crippen molar-refractivity contribution in [3.8, 4) is 66.8 Å². The first kappa shape index (κ1) is 41.3. The fourth-order valence-corrected chi connectivity index (χ4v) is 13.1. The molecule has 2 aliphatic heterocycles. The molecule has 9 aromatic carbocycles. The Labute approximate surface area is 402 Å². The predicted molar refractivity (Wildman–Crippen MR) is 290 cm³/mol. The highest BCUT2D eigenvalue weighted by Gasteiger charge is 2.37. The smallest absolute Gasteiger partial charge is 0.0372 e. The van der Waals surface area contributed by atoms with E-state index in [9.17, 15) is 0 Å². The van der Waals surface area contributed by atoms with Crippen LogP contribution < -0.4 is 9.80 Å². The Bertz CT molecular complexity index is 3250. The number of nitrogens with zero attached hydrogens (tertiary/aromatic N) is 2. The minimum atomic E-state index is -0.0852. The summed E-state index contributed by atoms with van der Waals surface area (Å²) in [5.74, 6) is 0. The highest BCUT2D eigenvalue weighted by atomic mass is 15.1. The van der Waals surface area contributed by atoms with Gasteiger partial charge in [-0.3, -0.25) is 0 Å². The minimum absolute atomic E-state index is 0.0852. The highest BCUT2D eigenvalue weighted by molar-refractivity contribution is 6.24. The van der Waals surface area contributed by atoms with Crippen LogP contribution in [0, 0.1) is 0 Å². The molecule has 0 unspecified atom stereocenters. The number of benzene rings is 9. The van der Waals surface area contributed by atoms with Crippen LogP contribution in [0.2, 0.25) is 0 Å². The molecule has 2 fully saturated rings. The molecule has 0 radical (unpaired) electrons. The van der Waals surface area contributed by atoms with Gasteiger partial charge in [0, 0.05) is 48.4 Å². The van der Waals surface area contributed by atoms with Crippen LogP contribution in [0.25, 0.3) is 88.3 Å². The van der Waals surface area contributed by atoms with Crippen molar-refractivity contribution in [1.82, 2.24) is 0 Å². The average molecular weight is 881 g/mol. The van der Waals surface area contributed by atoms with Crippen molar-refractivity contribution in [2.75, 3.05) is 36.0 Å². The van der Waals surface area contributed by atoms with Crippen LogP contribution in [-0.4, -0.2) is 26.2 Å². The van der Waals surface area contributed by atoms with E-state index >= 15 is 0 Å². The van der Waals surface area contributed by atoms with Crippen LogP contribution in [0.1, 0.15) is 88.5 Å². The van der Waals surface area contributed by atoms with Gasteiger partial charge in [-0.15, -0.1) is 0 Å². The highest BCUT2D eigenvalue weighted by Crippen LogP contribution is 2.54. The van der Waals surface area contributed by atoms with Gasteiger partial charge in [0.2, 0.25) is 0 Å². The Hall–Kier alpha value is -6.90. The first-order chi connectivity index (χ1) is 33.3. The van der Waals surface area contributed by atoms with Crippen LogP contribution >= 0.6 is 0 Å². The number of piperidine rings is 2. The Morgan fingerprint density at radius 1 is 0.294 bits per heavy atom. The summed E-state index contributed by atoms with van der Waals surface area (Å²) in [5, 5.41) is 5.27. The number of anilines is 2. The summed E-state index contributed by atoms with van der Waals surface area (Å²) in [4.78, 5) is 5.28. The lowest BCUT2D eigenvalue weighted by Crippen LogP contribution is -2.29. The van der Waals surface area contributed by atoms with Gasteiger partial charge in [0.1, 0.15) is 0 Å². The van der Waals surface area contributed by atoms with Crippen molar-refractivity contribution in [2.45, 2.75) is 77.0 Å². The number of rotatable bonds is 6. The normalized spacial score (nSPS) is 16.7. The van der Waals surface area contributed by atoms with Gasteiger partial charge in [0.05, 0.1) is 0 Å². The van der Waals surface area contributed by atoms with Gasteiger partial charge in [-0.25, -0.2) is 0 Å². The topological polar surface area (TPSA) is 6.48 Å². The van der Waals surface area contributed by atoms with Crippen LogP contribution in [0.15, 0.2) is 170 Å². The van der Waals surface area contributed by atoms with Gasteiger partial charge in [-0.2, -0.15) is 0 Å². The molecule has 2 heteroatoms. The van der Waals surface area contributed by atoms with E-state index in [0.29, 0.717) is 0 Å². The molecule has 2 aliphatic carbocycles. The van der Waals surface area contributed by atoms with E-state index in [4.69, 9.17) is 0 Å². The van der Waals surface area contributed by atoms with Gasteiger partial charge in [0.25, 0.3) is 0 Å². The van der Waals surface area contributed by atoms with Crippen LogP contribution in [0.4, 0.5) is 11.4 Å². The second-order valence-electron chi connectivity index (χ2n) is 21.3. The molecule has 0 N–H and O–H groups in total. The summed E-state index contributed by atoms with van der Waals surface area (Å²) >= 11 is 0. The zero-order chi connectivity index (χ0) is 45.7. The molecule has 2 nitrogen and oxygen atoms in total. The molecule has 0 saturated carbocycles. The van der Waals surface area contributed by atoms with Crippen LogP contribution in [-0.2, 0) is 10.8 Å². The quantitative estimate of drug-likeness (QED) is 0.154. The summed E-state index contributed by atoms with van der Waals surface area (Å²) in [7, 11) is 0. The first-order valence-electron chi connectivity index (χ1n) is 25.5. The van der Waals surface area contributed by atoms with Crippen molar-refractivity contribution in [1.29, 1.82) is 0 Å². The van der Waals surface area contributed by atoms with E-state index in [1.165, 1.54) is 160 Å². The summed E-state index contributed by atoms with van der Waals surface area (Å²) in [6.07, 6.45) is 7.58. The summed E-state index contributed by atoms with van der Waals surface area (Å²) in [6.45, 7) is 14.0. The van der Waals surface area contributed by atoms with Crippen LogP contribution in [0.3, 0.4) is 0 Å². The summed E-state index contributed by atoms with van der Waals surface area (Å²) in [5.41, 5.74) is 23.9. The monoisotopic (exact) mass is 880 g/mol. The Kier molecular flexibility index (Phi) is 9.62. The molecule has 334 valence electrons.